The predicted octanol–water partition coefficient (Wildman–Crippen LogP) is 4.37. The van der Waals surface area contributed by atoms with E-state index in [4.69, 9.17) is 34.8 Å². The fourth-order valence-corrected chi connectivity index (χ4v) is 2.59. The molecule has 0 saturated heterocycles. The smallest absolute Gasteiger partial charge is 0.168 e. The highest BCUT2D eigenvalue weighted by Crippen LogP contribution is 2.25. The lowest BCUT2D eigenvalue weighted by Crippen LogP contribution is -2.08. The van der Waals surface area contributed by atoms with Gasteiger partial charge in [-0.2, -0.15) is 5.10 Å². The van der Waals surface area contributed by atoms with E-state index in [0.717, 1.165) is 12.1 Å². The second-order valence-corrected chi connectivity index (χ2v) is 5.61. The maximum Gasteiger partial charge on any atom is 0.168 e. The van der Waals surface area contributed by atoms with Gasteiger partial charge in [-0.25, -0.2) is 0 Å². The predicted molar refractivity (Wildman–Crippen MR) is 82.1 cm³/mol. The van der Waals surface area contributed by atoms with Gasteiger partial charge >= 0.3 is 0 Å². The van der Waals surface area contributed by atoms with E-state index in [1.807, 2.05) is 6.92 Å². The zero-order valence-corrected chi connectivity index (χ0v) is 13.4. The first-order valence-electron chi connectivity index (χ1n) is 6.12. The Morgan fingerprint density at radius 2 is 1.95 bits per heavy atom. The van der Waals surface area contributed by atoms with Crippen LogP contribution in [-0.4, -0.2) is 15.6 Å². The van der Waals surface area contributed by atoms with Crippen molar-refractivity contribution in [3.63, 3.8) is 0 Å². The molecule has 0 amide bonds. The van der Waals surface area contributed by atoms with Gasteiger partial charge in [-0.15, -0.1) is 0 Å². The molecule has 1 aromatic carbocycles. The maximum atomic E-state index is 12.3. The van der Waals surface area contributed by atoms with Crippen molar-refractivity contribution in [1.82, 2.24) is 9.78 Å². The molecule has 3 nitrogen and oxygen atoms in total. The van der Waals surface area contributed by atoms with Crippen molar-refractivity contribution in [1.29, 1.82) is 0 Å². The molecule has 0 saturated carbocycles. The van der Waals surface area contributed by atoms with Gasteiger partial charge in [0.05, 0.1) is 32.9 Å². The van der Waals surface area contributed by atoms with Crippen LogP contribution in [0.15, 0.2) is 18.2 Å². The average Bonchev–Trinajstić information content (AvgIpc) is 2.69. The zero-order valence-electron chi connectivity index (χ0n) is 11.1. The van der Waals surface area contributed by atoms with Crippen LogP contribution in [0.2, 0.25) is 15.1 Å². The minimum Gasteiger partial charge on any atom is -0.294 e. The summed E-state index contributed by atoms with van der Waals surface area (Å²) in [6.07, 6.45) is 0.911. The standard InChI is InChI=1S/C14H13Cl3N2O/c1-3-11-14(17)12(19(2)18-11)7-13(20)8-4-5-9(15)10(16)6-8/h4-6H,3,7H2,1-2H3. The average molecular weight is 332 g/mol. The number of rotatable bonds is 4. The van der Waals surface area contributed by atoms with Gasteiger partial charge in [-0.05, 0) is 24.6 Å². The number of Topliss-reactive ketones (excluding diaryl/α,β-unsaturated/α-hetero) is 1. The summed E-state index contributed by atoms with van der Waals surface area (Å²) < 4.78 is 1.65. The summed E-state index contributed by atoms with van der Waals surface area (Å²) in [6.45, 7) is 1.97. The number of aryl methyl sites for hydroxylation is 2. The molecule has 1 aromatic heterocycles. The number of halogens is 3. The van der Waals surface area contributed by atoms with Gasteiger partial charge in [0.15, 0.2) is 5.78 Å². The Kier molecular flexibility index (Phi) is 4.74. The molecule has 0 atom stereocenters. The van der Waals surface area contributed by atoms with E-state index in [9.17, 15) is 4.79 Å². The number of hydrogen-bond acceptors (Lipinski definition) is 2. The first-order chi connectivity index (χ1) is 9.43. The van der Waals surface area contributed by atoms with E-state index in [1.54, 1.807) is 29.9 Å². The van der Waals surface area contributed by atoms with Gasteiger partial charge in [0.2, 0.25) is 0 Å². The summed E-state index contributed by atoms with van der Waals surface area (Å²) in [5, 5.41) is 5.64. The Labute approximate surface area is 132 Å². The van der Waals surface area contributed by atoms with Gasteiger partial charge in [0.25, 0.3) is 0 Å². The fourth-order valence-electron chi connectivity index (χ4n) is 1.94. The lowest BCUT2D eigenvalue weighted by molar-refractivity contribution is 0.0991. The van der Waals surface area contributed by atoms with E-state index in [1.165, 1.54) is 0 Å². The molecule has 1 heterocycles. The third-order valence-electron chi connectivity index (χ3n) is 3.07. The molecule has 2 aromatic rings. The molecule has 2 rings (SSSR count). The highest BCUT2D eigenvalue weighted by molar-refractivity contribution is 6.42. The zero-order chi connectivity index (χ0) is 14.9. The van der Waals surface area contributed by atoms with Gasteiger partial charge in [0.1, 0.15) is 0 Å². The molecular weight excluding hydrogens is 319 g/mol. The summed E-state index contributed by atoms with van der Waals surface area (Å²) in [6, 6.07) is 4.83. The molecule has 20 heavy (non-hydrogen) atoms. The van der Waals surface area contributed by atoms with Gasteiger partial charge < -0.3 is 0 Å². The summed E-state index contributed by atoms with van der Waals surface area (Å²) in [5.74, 6) is -0.0730. The monoisotopic (exact) mass is 330 g/mol. The molecule has 0 N–H and O–H groups in total. The molecule has 0 aliphatic rings. The number of benzene rings is 1. The largest absolute Gasteiger partial charge is 0.294 e. The van der Waals surface area contributed by atoms with Crippen LogP contribution in [0.3, 0.4) is 0 Å². The van der Waals surface area contributed by atoms with Gasteiger partial charge in [0, 0.05) is 12.6 Å². The van der Waals surface area contributed by atoms with Crippen molar-refractivity contribution in [3.05, 3.63) is 50.2 Å². The van der Waals surface area contributed by atoms with Crippen LogP contribution in [0.25, 0.3) is 0 Å². The number of hydrogen-bond donors (Lipinski definition) is 0. The molecule has 0 radical (unpaired) electrons. The lowest BCUT2D eigenvalue weighted by Gasteiger charge is -2.04. The summed E-state index contributed by atoms with van der Waals surface area (Å²) in [5.41, 5.74) is 2.01. The van der Waals surface area contributed by atoms with Crippen molar-refractivity contribution in [3.8, 4) is 0 Å². The number of nitrogens with zero attached hydrogens (tertiary/aromatic N) is 2. The second kappa shape index (κ2) is 6.17. The van der Waals surface area contributed by atoms with Crippen LogP contribution in [0.4, 0.5) is 0 Å². The maximum absolute atomic E-state index is 12.3. The molecule has 6 heteroatoms. The molecule has 0 aliphatic heterocycles. The molecule has 0 fully saturated rings. The second-order valence-electron chi connectivity index (χ2n) is 4.41. The number of carbonyl (C=O) groups excluding carboxylic acids is 1. The third-order valence-corrected chi connectivity index (χ3v) is 4.25. The van der Waals surface area contributed by atoms with Crippen LogP contribution in [-0.2, 0) is 19.9 Å². The van der Waals surface area contributed by atoms with Crippen molar-refractivity contribution in [2.45, 2.75) is 19.8 Å². The number of ketones is 1. The highest BCUT2D eigenvalue weighted by atomic mass is 35.5. The summed E-state index contributed by atoms with van der Waals surface area (Å²) >= 11 is 18.0. The van der Waals surface area contributed by atoms with Crippen LogP contribution >= 0.6 is 34.8 Å². The Bertz CT molecular complexity index is 665. The summed E-state index contributed by atoms with van der Waals surface area (Å²) in [7, 11) is 1.78. The highest BCUT2D eigenvalue weighted by Gasteiger charge is 2.17. The topological polar surface area (TPSA) is 34.9 Å². The van der Waals surface area contributed by atoms with E-state index >= 15 is 0 Å². The van der Waals surface area contributed by atoms with E-state index < -0.39 is 0 Å². The SMILES string of the molecule is CCc1nn(C)c(CC(=O)c2ccc(Cl)c(Cl)c2)c1Cl. The Morgan fingerprint density at radius 3 is 2.50 bits per heavy atom. The van der Waals surface area contributed by atoms with E-state index in [0.29, 0.717) is 26.3 Å². The number of aromatic nitrogens is 2. The molecule has 0 unspecified atom stereocenters. The minimum atomic E-state index is -0.0730. The van der Waals surface area contributed by atoms with Crippen LogP contribution in [0.1, 0.15) is 28.7 Å². The van der Waals surface area contributed by atoms with Crippen LogP contribution in [0.5, 0.6) is 0 Å². The molecule has 0 spiro atoms. The first-order valence-corrected chi connectivity index (χ1v) is 7.26. The quantitative estimate of drug-likeness (QED) is 0.780. The molecular formula is C14H13Cl3N2O. The number of carbonyl (C=O) groups is 1. The third kappa shape index (κ3) is 3.00. The van der Waals surface area contributed by atoms with Crippen LogP contribution in [0, 0.1) is 0 Å². The van der Waals surface area contributed by atoms with E-state index in [2.05, 4.69) is 5.10 Å². The Hall–Kier alpha value is -1.03. The fraction of sp³-hybridized carbons (Fsp3) is 0.286. The van der Waals surface area contributed by atoms with Crippen molar-refractivity contribution < 1.29 is 4.79 Å². The van der Waals surface area contributed by atoms with Gasteiger partial charge in [-0.1, -0.05) is 41.7 Å². The Balaban J connectivity index is 2.28. The normalized spacial score (nSPS) is 10.8. The minimum absolute atomic E-state index is 0.0730. The summed E-state index contributed by atoms with van der Waals surface area (Å²) in [4.78, 5) is 12.3. The molecule has 106 valence electrons. The van der Waals surface area contributed by atoms with Crippen molar-refractivity contribution in [2.75, 3.05) is 0 Å². The molecule has 0 aliphatic carbocycles. The Morgan fingerprint density at radius 1 is 1.25 bits per heavy atom. The van der Waals surface area contributed by atoms with Gasteiger partial charge in [-0.3, -0.25) is 9.48 Å². The van der Waals surface area contributed by atoms with Crippen molar-refractivity contribution in [2.24, 2.45) is 7.05 Å². The lowest BCUT2D eigenvalue weighted by atomic mass is 10.1. The van der Waals surface area contributed by atoms with E-state index in [-0.39, 0.29) is 12.2 Å². The first kappa shape index (κ1) is 15.4. The molecule has 0 bridgehead atoms. The van der Waals surface area contributed by atoms with Crippen molar-refractivity contribution >= 4 is 40.6 Å². The van der Waals surface area contributed by atoms with Crippen LogP contribution < -0.4 is 0 Å².